The topological polar surface area (TPSA) is 44.6 Å². The molecule has 1 atom stereocenters. The first-order valence-electron chi connectivity index (χ1n) is 10.1. The molecule has 0 saturated carbocycles. The number of nitrogens with zero attached hydrogens (tertiary/aromatic N) is 1. The minimum atomic E-state index is -1.36. The summed E-state index contributed by atoms with van der Waals surface area (Å²) in [5.41, 5.74) is 6.97. The number of aryl methyl sites for hydroxylation is 1. The van der Waals surface area contributed by atoms with Gasteiger partial charge < -0.3 is 9.29 Å². The third-order valence-electron chi connectivity index (χ3n) is 4.92. The van der Waals surface area contributed by atoms with Gasteiger partial charge in [0.1, 0.15) is 16.1 Å². The highest BCUT2D eigenvalue weighted by molar-refractivity contribution is 7.91. The van der Waals surface area contributed by atoms with Gasteiger partial charge in [0.25, 0.3) is 0 Å². The fraction of sp³-hybridized carbons (Fsp3) is 0.231. The van der Waals surface area contributed by atoms with E-state index >= 15 is 0 Å². The van der Waals surface area contributed by atoms with Crippen molar-refractivity contribution in [2.75, 3.05) is 7.11 Å². The first kappa shape index (κ1) is 23.2. The van der Waals surface area contributed by atoms with Crippen molar-refractivity contribution in [1.82, 2.24) is 0 Å². The molecule has 0 amide bonds. The zero-order valence-corrected chi connectivity index (χ0v) is 20.1. The van der Waals surface area contributed by atoms with Crippen molar-refractivity contribution >= 4 is 34.8 Å². The molecule has 0 radical (unpaired) electrons. The van der Waals surface area contributed by atoms with Gasteiger partial charge in [-0.25, -0.2) is 0 Å². The molecule has 3 aromatic carbocycles. The molecule has 0 heterocycles. The van der Waals surface area contributed by atoms with Gasteiger partial charge in [-0.05, 0) is 79.9 Å². The van der Waals surface area contributed by atoms with Crippen LogP contribution in [0.2, 0.25) is 0 Å². The molecule has 0 saturated heterocycles. The lowest BCUT2D eigenvalue weighted by atomic mass is 9.90. The highest BCUT2D eigenvalue weighted by Crippen LogP contribution is 2.33. The van der Waals surface area contributed by atoms with Crippen LogP contribution in [0.25, 0.3) is 22.3 Å². The van der Waals surface area contributed by atoms with E-state index in [9.17, 15) is 4.55 Å². The van der Waals surface area contributed by atoms with E-state index in [1.807, 2.05) is 51.1 Å². The molecular formula is C26H27NO2S2. The standard InChI is InChI=1S/C26H27NO2S2/c1-18-10-9-13-23(25(30)29-5)24(18)22-15-14-20(19-11-7-6-8-12-19)16-21(22)17-27-31(28)26(2,3)4/h6-17H,1-5H3/b27-17-. The van der Waals surface area contributed by atoms with Crippen LogP contribution in [0.4, 0.5) is 0 Å². The summed E-state index contributed by atoms with van der Waals surface area (Å²) in [6.45, 7) is 7.80. The number of rotatable bonds is 5. The molecule has 1 unspecified atom stereocenters. The van der Waals surface area contributed by atoms with E-state index < -0.39 is 16.1 Å². The van der Waals surface area contributed by atoms with E-state index in [1.165, 1.54) is 0 Å². The van der Waals surface area contributed by atoms with Crippen LogP contribution in [0.5, 0.6) is 0 Å². The number of methoxy groups -OCH3 is 1. The van der Waals surface area contributed by atoms with Crippen LogP contribution in [0, 0.1) is 6.92 Å². The van der Waals surface area contributed by atoms with Crippen LogP contribution in [0.3, 0.4) is 0 Å². The van der Waals surface area contributed by atoms with Gasteiger partial charge in [-0.1, -0.05) is 59.0 Å². The lowest BCUT2D eigenvalue weighted by Gasteiger charge is -2.19. The lowest BCUT2D eigenvalue weighted by molar-refractivity contribution is 0.416. The molecule has 3 aromatic rings. The number of thiocarbonyl (C=S) groups is 1. The number of ether oxygens (including phenoxy) is 1. The molecule has 0 aliphatic carbocycles. The van der Waals surface area contributed by atoms with E-state index in [4.69, 9.17) is 17.0 Å². The van der Waals surface area contributed by atoms with Gasteiger partial charge in [-0.2, -0.15) is 0 Å². The van der Waals surface area contributed by atoms with Crippen LogP contribution in [-0.4, -0.2) is 27.7 Å². The van der Waals surface area contributed by atoms with Crippen molar-refractivity contribution < 1.29 is 9.29 Å². The molecule has 0 N–H and O–H groups in total. The second-order valence-electron chi connectivity index (χ2n) is 8.25. The van der Waals surface area contributed by atoms with Crippen molar-refractivity contribution in [1.29, 1.82) is 0 Å². The zero-order valence-electron chi connectivity index (χ0n) is 18.5. The quantitative estimate of drug-likeness (QED) is 0.253. The van der Waals surface area contributed by atoms with Crippen LogP contribution < -0.4 is 0 Å². The molecule has 0 aliphatic heterocycles. The van der Waals surface area contributed by atoms with Gasteiger partial charge in [-0.15, -0.1) is 0 Å². The summed E-state index contributed by atoms with van der Waals surface area (Å²) in [5, 5.41) is 0.437. The largest absolute Gasteiger partial charge is 0.591 e. The van der Waals surface area contributed by atoms with Crippen molar-refractivity contribution in [3.63, 3.8) is 0 Å². The molecule has 3 rings (SSSR count). The SMILES string of the molecule is COC(=S)c1cccc(C)c1-c1ccc(-c2ccccc2)cc1/C=N\[S+]([O-])C(C)(C)C. The molecule has 160 valence electrons. The maximum Gasteiger partial charge on any atom is 0.191 e. The average molecular weight is 450 g/mol. The van der Waals surface area contributed by atoms with Gasteiger partial charge in [0, 0.05) is 11.1 Å². The number of benzene rings is 3. The van der Waals surface area contributed by atoms with Gasteiger partial charge >= 0.3 is 0 Å². The van der Waals surface area contributed by atoms with Crippen molar-refractivity contribution in [3.05, 3.63) is 83.4 Å². The maximum absolute atomic E-state index is 12.6. The predicted octanol–water partition coefficient (Wildman–Crippen LogP) is 6.53. The van der Waals surface area contributed by atoms with Crippen LogP contribution in [0.1, 0.15) is 37.5 Å². The van der Waals surface area contributed by atoms with E-state index in [0.717, 1.165) is 38.9 Å². The Morgan fingerprint density at radius 3 is 2.35 bits per heavy atom. The van der Waals surface area contributed by atoms with Gasteiger partial charge in [-0.3, -0.25) is 0 Å². The number of hydrogen-bond acceptors (Lipinski definition) is 4. The third-order valence-corrected chi connectivity index (χ3v) is 6.65. The Bertz CT molecular complexity index is 1100. The predicted molar refractivity (Wildman–Crippen MR) is 136 cm³/mol. The highest BCUT2D eigenvalue weighted by atomic mass is 32.2. The Morgan fingerprint density at radius 2 is 1.71 bits per heavy atom. The molecule has 0 bridgehead atoms. The second kappa shape index (κ2) is 9.77. The summed E-state index contributed by atoms with van der Waals surface area (Å²) < 4.78 is 21.9. The zero-order chi connectivity index (χ0) is 22.6. The summed E-state index contributed by atoms with van der Waals surface area (Å²) in [6, 6.07) is 22.4. The van der Waals surface area contributed by atoms with Crippen molar-refractivity contribution in [3.8, 4) is 22.3 Å². The summed E-state index contributed by atoms with van der Waals surface area (Å²) in [7, 11) is 1.59. The molecule has 0 fully saturated rings. The van der Waals surface area contributed by atoms with Crippen LogP contribution >= 0.6 is 12.2 Å². The molecule has 0 aromatic heterocycles. The molecule has 0 aliphatic rings. The fourth-order valence-electron chi connectivity index (χ4n) is 3.28. The molecular weight excluding hydrogens is 422 g/mol. The molecule has 3 nitrogen and oxygen atoms in total. The first-order valence-corrected chi connectivity index (χ1v) is 11.6. The minimum absolute atomic E-state index is 0.431. The highest BCUT2D eigenvalue weighted by Gasteiger charge is 2.26. The summed E-state index contributed by atoms with van der Waals surface area (Å²) in [4.78, 5) is 0. The maximum atomic E-state index is 12.6. The monoisotopic (exact) mass is 449 g/mol. The molecule has 31 heavy (non-hydrogen) atoms. The van der Waals surface area contributed by atoms with E-state index in [1.54, 1.807) is 13.3 Å². The first-order chi connectivity index (χ1) is 14.7. The van der Waals surface area contributed by atoms with Crippen LogP contribution in [-0.2, 0) is 16.1 Å². The minimum Gasteiger partial charge on any atom is -0.591 e. The molecule has 0 spiro atoms. The van der Waals surface area contributed by atoms with Crippen LogP contribution in [0.15, 0.2) is 71.1 Å². The normalized spacial score (nSPS) is 12.7. The Morgan fingerprint density at radius 1 is 1.00 bits per heavy atom. The second-order valence-corrected chi connectivity index (χ2v) is 10.6. The third kappa shape index (κ3) is 5.42. The van der Waals surface area contributed by atoms with E-state index in [-0.39, 0.29) is 0 Å². The Labute approximate surface area is 193 Å². The summed E-state index contributed by atoms with van der Waals surface area (Å²) >= 11 is 4.11. The number of hydrogen-bond donors (Lipinski definition) is 0. The van der Waals surface area contributed by atoms with Gasteiger partial charge in [0.05, 0.1) is 13.3 Å². The van der Waals surface area contributed by atoms with E-state index in [2.05, 4.69) is 47.7 Å². The van der Waals surface area contributed by atoms with Gasteiger partial charge in [0.2, 0.25) is 0 Å². The van der Waals surface area contributed by atoms with Crippen molar-refractivity contribution in [2.24, 2.45) is 4.40 Å². The Hall–Kier alpha value is -2.47. The molecule has 5 heteroatoms. The fourth-order valence-corrected chi connectivity index (χ4v) is 3.97. The summed E-state index contributed by atoms with van der Waals surface area (Å²) in [5.74, 6) is 0. The summed E-state index contributed by atoms with van der Waals surface area (Å²) in [6.07, 6.45) is 1.72. The average Bonchev–Trinajstić information content (AvgIpc) is 2.76. The lowest BCUT2D eigenvalue weighted by Crippen LogP contribution is -2.25. The van der Waals surface area contributed by atoms with Gasteiger partial charge in [0.15, 0.2) is 5.05 Å². The Balaban J connectivity index is 2.22. The van der Waals surface area contributed by atoms with E-state index in [0.29, 0.717) is 5.05 Å². The smallest absolute Gasteiger partial charge is 0.191 e. The van der Waals surface area contributed by atoms with Crippen molar-refractivity contribution in [2.45, 2.75) is 32.4 Å². The Kier molecular flexibility index (Phi) is 7.31.